The third-order valence-corrected chi connectivity index (χ3v) is 8.71. The Morgan fingerprint density at radius 3 is 0.486 bits per heavy atom. The van der Waals surface area contributed by atoms with Crippen LogP contribution in [0.15, 0.2) is 24.3 Å². The van der Waals surface area contributed by atoms with Gasteiger partial charge in [0.2, 0.25) is 0 Å². The van der Waals surface area contributed by atoms with Gasteiger partial charge in [-0.25, -0.2) is 24.3 Å². The van der Waals surface area contributed by atoms with Crippen LogP contribution in [-0.2, 0) is 25.8 Å². The summed E-state index contributed by atoms with van der Waals surface area (Å²) < 4.78 is 0. The first-order chi connectivity index (χ1) is 16.5. The third kappa shape index (κ3) is 9.20. The first-order valence-electron chi connectivity index (χ1n) is 13.3. The SMILES string of the molecule is Cc1cc(C)[c-](C)c1C.Cc1cc(C)[c-](C)c1C.Cc1cc(C)[c-](C)c1C.Cc1cc(C)[c-](C)c1C.[Hf+4]. The van der Waals surface area contributed by atoms with E-state index in [1.54, 1.807) is 0 Å². The van der Waals surface area contributed by atoms with Gasteiger partial charge in [0.05, 0.1) is 0 Å². The summed E-state index contributed by atoms with van der Waals surface area (Å²) in [4.78, 5) is 0. The van der Waals surface area contributed by atoms with Gasteiger partial charge in [-0.05, 0) is 0 Å². The predicted octanol–water partition coefficient (Wildman–Crippen LogP) is 10.6. The maximum absolute atomic E-state index is 2.24. The summed E-state index contributed by atoms with van der Waals surface area (Å²) >= 11 is 0. The van der Waals surface area contributed by atoms with E-state index in [1.807, 2.05) is 0 Å². The fraction of sp³-hybridized carbons (Fsp3) is 0.444. The van der Waals surface area contributed by atoms with Crippen molar-refractivity contribution in [1.82, 2.24) is 0 Å². The number of hydrogen-bond donors (Lipinski definition) is 0. The molecular formula is C36H52Hf. The molecule has 0 saturated carbocycles. The van der Waals surface area contributed by atoms with Gasteiger partial charge in [-0.1, -0.05) is 111 Å². The smallest absolute Gasteiger partial charge is 0.207 e. The molecule has 0 heterocycles. The molecule has 0 nitrogen and oxygen atoms in total. The van der Waals surface area contributed by atoms with Crippen molar-refractivity contribution in [2.75, 3.05) is 0 Å². The zero-order valence-electron chi connectivity index (χ0n) is 26.8. The van der Waals surface area contributed by atoms with Gasteiger partial charge in [-0.3, -0.25) is 0 Å². The molecule has 0 aromatic heterocycles. The van der Waals surface area contributed by atoms with Crippen molar-refractivity contribution in [1.29, 1.82) is 0 Å². The van der Waals surface area contributed by atoms with E-state index in [0.717, 1.165) is 0 Å². The van der Waals surface area contributed by atoms with E-state index in [-0.39, 0.29) is 25.8 Å². The fourth-order valence-corrected chi connectivity index (χ4v) is 4.53. The minimum absolute atomic E-state index is 0. The van der Waals surface area contributed by atoms with E-state index in [2.05, 4.69) is 135 Å². The van der Waals surface area contributed by atoms with Crippen LogP contribution in [0.5, 0.6) is 0 Å². The molecule has 0 fully saturated rings. The number of aryl methyl sites for hydroxylation is 8. The normalized spacial score (nSPS) is 9.95. The molecule has 1 heteroatoms. The van der Waals surface area contributed by atoms with Gasteiger partial charge in [-0.15, -0.1) is 0 Å². The van der Waals surface area contributed by atoms with Crippen LogP contribution in [-0.4, -0.2) is 0 Å². The van der Waals surface area contributed by atoms with Crippen LogP contribution in [0.25, 0.3) is 0 Å². The van der Waals surface area contributed by atoms with Crippen molar-refractivity contribution in [2.24, 2.45) is 0 Å². The maximum atomic E-state index is 2.24. The minimum atomic E-state index is 0. The zero-order chi connectivity index (χ0) is 28.1. The molecule has 0 radical (unpaired) electrons. The zero-order valence-corrected chi connectivity index (χ0v) is 30.4. The molecule has 0 spiro atoms. The summed E-state index contributed by atoms with van der Waals surface area (Å²) in [7, 11) is 0. The molecule has 0 N–H and O–H groups in total. The molecular weight excluding hydrogens is 611 g/mol. The van der Waals surface area contributed by atoms with E-state index in [0.29, 0.717) is 0 Å². The minimum Gasteiger partial charge on any atom is -0.207 e. The summed E-state index contributed by atoms with van der Waals surface area (Å²) in [5.74, 6) is 0. The molecule has 0 aliphatic heterocycles. The first-order valence-corrected chi connectivity index (χ1v) is 13.3. The quantitative estimate of drug-likeness (QED) is 0.130. The Hall–Kier alpha value is -1.73. The van der Waals surface area contributed by atoms with E-state index in [4.69, 9.17) is 0 Å². The standard InChI is InChI=1S/4C9H13.Hf/c4*1-6-5-7(2)9(4)8(6)3;/h4*5H,1-4H3;/q4*-1;+4. The number of hydrogen-bond acceptors (Lipinski definition) is 0. The maximum Gasteiger partial charge on any atom is 4.00 e. The van der Waals surface area contributed by atoms with Gasteiger partial charge in [0.15, 0.2) is 0 Å². The van der Waals surface area contributed by atoms with Crippen molar-refractivity contribution in [2.45, 2.75) is 111 Å². The van der Waals surface area contributed by atoms with Crippen LogP contribution in [0, 0.1) is 111 Å². The van der Waals surface area contributed by atoms with Crippen molar-refractivity contribution in [3.63, 3.8) is 0 Å². The van der Waals surface area contributed by atoms with E-state index < -0.39 is 0 Å². The van der Waals surface area contributed by atoms with E-state index in [9.17, 15) is 0 Å². The van der Waals surface area contributed by atoms with Gasteiger partial charge < -0.3 is 0 Å². The van der Waals surface area contributed by atoms with Crippen LogP contribution in [0.1, 0.15) is 89.0 Å². The van der Waals surface area contributed by atoms with Crippen LogP contribution < -0.4 is 0 Å². The third-order valence-electron chi connectivity index (χ3n) is 8.71. The Morgan fingerprint density at radius 1 is 0.324 bits per heavy atom. The van der Waals surface area contributed by atoms with Crippen molar-refractivity contribution >= 4 is 0 Å². The van der Waals surface area contributed by atoms with E-state index >= 15 is 0 Å². The van der Waals surface area contributed by atoms with Crippen LogP contribution in [0.2, 0.25) is 0 Å². The van der Waals surface area contributed by atoms with Gasteiger partial charge in [0, 0.05) is 0 Å². The van der Waals surface area contributed by atoms with Crippen LogP contribution in [0.4, 0.5) is 0 Å². The Bertz CT molecular complexity index is 982. The Morgan fingerprint density at radius 2 is 0.459 bits per heavy atom. The molecule has 0 saturated heterocycles. The molecule has 200 valence electrons. The summed E-state index contributed by atoms with van der Waals surface area (Å²) in [6.45, 7) is 34.7. The van der Waals surface area contributed by atoms with Crippen LogP contribution >= 0.6 is 0 Å². The second kappa shape index (κ2) is 15.0. The molecule has 4 rings (SSSR count). The summed E-state index contributed by atoms with van der Waals surface area (Å²) in [6, 6.07) is 8.96. The Balaban J connectivity index is 0.000000463. The van der Waals surface area contributed by atoms with Crippen molar-refractivity contribution in [3.8, 4) is 0 Å². The van der Waals surface area contributed by atoms with Gasteiger partial charge in [0.25, 0.3) is 0 Å². The molecule has 0 bridgehead atoms. The van der Waals surface area contributed by atoms with Crippen molar-refractivity contribution in [3.05, 3.63) is 113 Å². The number of rotatable bonds is 0. The average molecular weight is 663 g/mol. The average Bonchev–Trinajstić information content (AvgIpc) is 3.37. The van der Waals surface area contributed by atoms with Gasteiger partial charge in [0.1, 0.15) is 0 Å². The molecule has 4 aromatic carbocycles. The van der Waals surface area contributed by atoms with E-state index in [1.165, 1.54) is 89.0 Å². The van der Waals surface area contributed by atoms with Crippen molar-refractivity contribution < 1.29 is 25.8 Å². The second-order valence-electron chi connectivity index (χ2n) is 11.0. The molecule has 0 amide bonds. The largest absolute Gasteiger partial charge is 4.00 e. The molecule has 0 atom stereocenters. The summed E-state index contributed by atoms with van der Waals surface area (Å²) in [5.41, 5.74) is 23.0. The topological polar surface area (TPSA) is 0 Å². The monoisotopic (exact) mass is 664 g/mol. The summed E-state index contributed by atoms with van der Waals surface area (Å²) in [5, 5.41) is 0. The summed E-state index contributed by atoms with van der Waals surface area (Å²) in [6.07, 6.45) is 0. The molecule has 4 aromatic rings. The first kappa shape index (κ1) is 35.3. The molecule has 0 unspecified atom stereocenters. The molecule has 0 aliphatic carbocycles. The second-order valence-corrected chi connectivity index (χ2v) is 11.0. The van der Waals surface area contributed by atoms with Gasteiger partial charge >= 0.3 is 25.8 Å². The molecule has 0 aliphatic rings. The Labute approximate surface area is 248 Å². The van der Waals surface area contributed by atoms with Crippen LogP contribution in [0.3, 0.4) is 0 Å². The fourth-order valence-electron chi connectivity index (χ4n) is 4.53. The van der Waals surface area contributed by atoms with Gasteiger partial charge in [-0.2, -0.15) is 89.0 Å². The molecule has 37 heavy (non-hydrogen) atoms. The Kier molecular flexibility index (Phi) is 14.3. The predicted molar refractivity (Wildman–Crippen MR) is 164 cm³/mol.